The second-order valence-corrected chi connectivity index (χ2v) is 12.7. The number of sulfone groups is 1. The van der Waals surface area contributed by atoms with Gasteiger partial charge in [-0.15, -0.1) is 0 Å². The second kappa shape index (κ2) is 11.9. The molecule has 1 saturated heterocycles. The molecule has 1 fully saturated rings. The number of hydrogen-bond acceptors (Lipinski definition) is 5. The number of hydrogen-bond donors (Lipinski definition) is 1. The van der Waals surface area contributed by atoms with Gasteiger partial charge in [-0.3, -0.25) is 9.59 Å². The first-order chi connectivity index (χ1) is 19.3. The average Bonchev–Trinajstić information content (AvgIpc) is 3.03. The Morgan fingerprint density at radius 2 is 1.82 bits per heavy atom. The molecule has 1 N–H and O–H groups in total. The molecule has 3 aromatic rings. The van der Waals surface area contributed by atoms with Gasteiger partial charge >= 0.3 is 0 Å². The van der Waals surface area contributed by atoms with E-state index in [9.17, 15) is 18.0 Å². The Kier molecular flexibility index (Phi) is 8.38. The highest BCUT2D eigenvalue weighted by molar-refractivity contribution is 7.91. The summed E-state index contributed by atoms with van der Waals surface area (Å²) < 4.78 is 27.4. The van der Waals surface area contributed by atoms with Crippen molar-refractivity contribution in [1.82, 2.24) is 10.2 Å². The lowest BCUT2D eigenvalue weighted by molar-refractivity contribution is 0.0944. The van der Waals surface area contributed by atoms with Crippen LogP contribution >= 0.6 is 0 Å². The summed E-state index contributed by atoms with van der Waals surface area (Å²) in [5.41, 5.74) is 2.58. The molecule has 210 valence electrons. The first kappa shape index (κ1) is 28.1. The molecule has 2 amide bonds. The van der Waals surface area contributed by atoms with E-state index in [2.05, 4.69) is 17.1 Å². The third-order valence-electron chi connectivity index (χ3n) is 8.00. The molecular formula is C32H37N3O4S. The van der Waals surface area contributed by atoms with Crippen LogP contribution in [0.4, 0.5) is 5.69 Å². The number of nitrogens with zero attached hydrogens (tertiary/aromatic N) is 2. The SMILES string of the molecule is CC[C@@H]1CCCCN1CCCNC(=O)c1ccc2c(c1)N(Cc1cccc(C)c1)C(=O)c1ccccc1S2(=O)=O. The Morgan fingerprint density at radius 1 is 1.00 bits per heavy atom. The molecule has 5 rings (SSSR count). The Morgan fingerprint density at radius 3 is 2.62 bits per heavy atom. The lowest BCUT2D eigenvalue weighted by Crippen LogP contribution is -2.40. The lowest BCUT2D eigenvalue weighted by atomic mass is 10.00. The minimum absolute atomic E-state index is 0.0192. The smallest absolute Gasteiger partial charge is 0.259 e. The number of benzene rings is 3. The summed E-state index contributed by atoms with van der Waals surface area (Å²) in [4.78, 5) is 31.0. The van der Waals surface area contributed by atoms with Gasteiger partial charge in [-0.2, -0.15) is 0 Å². The molecule has 0 saturated carbocycles. The van der Waals surface area contributed by atoms with Crippen molar-refractivity contribution in [3.63, 3.8) is 0 Å². The van der Waals surface area contributed by atoms with Crippen molar-refractivity contribution in [2.45, 2.75) is 68.3 Å². The fourth-order valence-corrected chi connectivity index (χ4v) is 7.53. The van der Waals surface area contributed by atoms with Crippen LogP contribution in [0, 0.1) is 6.92 Å². The summed E-state index contributed by atoms with van der Waals surface area (Å²) in [6.45, 7) is 6.96. The van der Waals surface area contributed by atoms with Gasteiger partial charge in [0.1, 0.15) is 0 Å². The standard InChI is InChI=1S/C32H37N3O4S/c1-3-26-12-6-7-18-34(26)19-9-17-33-31(36)25-15-16-30-28(21-25)35(22-24-11-8-10-23(2)20-24)32(37)27-13-4-5-14-29(27)40(30,38)39/h4-5,8,10-11,13-16,20-21,26H,3,6-7,9,12,17-19,22H2,1-2H3,(H,33,36)/t26-/m1/s1. The van der Waals surface area contributed by atoms with Gasteiger partial charge in [-0.1, -0.05) is 55.3 Å². The summed E-state index contributed by atoms with van der Waals surface area (Å²) in [5.74, 6) is -0.695. The van der Waals surface area contributed by atoms with Crippen molar-refractivity contribution in [3.05, 3.63) is 89.0 Å². The molecule has 7 nitrogen and oxygen atoms in total. The van der Waals surface area contributed by atoms with E-state index in [-0.39, 0.29) is 33.5 Å². The Labute approximate surface area is 237 Å². The van der Waals surface area contributed by atoms with Gasteiger partial charge in [0, 0.05) is 24.7 Å². The van der Waals surface area contributed by atoms with Gasteiger partial charge in [0.25, 0.3) is 11.8 Å². The predicted molar refractivity (Wildman–Crippen MR) is 156 cm³/mol. The lowest BCUT2D eigenvalue weighted by Gasteiger charge is -2.35. The largest absolute Gasteiger partial charge is 0.352 e. The number of carbonyl (C=O) groups is 2. The number of likely N-dealkylation sites (tertiary alicyclic amines) is 1. The molecule has 2 heterocycles. The highest BCUT2D eigenvalue weighted by atomic mass is 32.2. The van der Waals surface area contributed by atoms with E-state index in [1.54, 1.807) is 24.3 Å². The Bertz CT molecular complexity index is 1520. The number of piperidine rings is 1. The van der Waals surface area contributed by atoms with Crippen LogP contribution in [0.2, 0.25) is 0 Å². The Balaban J connectivity index is 1.42. The third-order valence-corrected chi connectivity index (χ3v) is 9.86. The van der Waals surface area contributed by atoms with Crippen LogP contribution in [-0.4, -0.2) is 50.8 Å². The number of amides is 2. The molecule has 2 aliphatic rings. The van der Waals surface area contributed by atoms with E-state index in [0.717, 1.165) is 37.1 Å². The zero-order chi connectivity index (χ0) is 28.3. The number of anilines is 1. The molecule has 0 bridgehead atoms. The molecule has 0 radical (unpaired) electrons. The molecule has 2 aliphatic heterocycles. The number of rotatable bonds is 8. The van der Waals surface area contributed by atoms with Gasteiger partial charge in [-0.25, -0.2) is 8.42 Å². The minimum atomic E-state index is -3.99. The second-order valence-electron chi connectivity index (χ2n) is 10.8. The first-order valence-corrected chi connectivity index (χ1v) is 15.7. The minimum Gasteiger partial charge on any atom is -0.352 e. The highest BCUT2D eigenvalue weighted by Crippen LogP contribution is 2.38. The highest BCUT2D eigenvalue weighted by Gasteiger charge is 2.36. The first-order valence-electron chi connectivity index (χ1n) is 14.2. The van der Waals surface area contributed by atoms with Crippen molar-refractivity contribution in [3.8, 4) is 0 Å². The predicted octanol–water partition coefficient (Wildman–Crippen LogP) is 5.37. The fourth-order valence-electron chi connectivity index (χ4n) is 5.90. The summed E-state index contributed by atoms with van der Waals surface area (Å²) in [7, 11) is -3.99. The Hall–Kier alpha value is -3.49. The van der Waals surface area contributed by atoms with E-state index in [1.807, 2.05) is 31.2 Å². The van der Waals surface area contributed by atoms with E-state index in [0.29, 0.717) is 18.2 Å². The summed E-state index contributed by atoms with van der Waals surface area (Å²) in [6, 6.07) is 19.2. The maximum absolute atomic E-state index is 13.8. The third kappa shape index (κ3) is 5.69. The van der Waals surface area contributed by atoms with Crippen molar-refractivity contribution in [2.75, 3.05) is 24.5 Å². The molecule has 0 spiro atoms. The number of nitrogens with one attached hydrogen (secondary N) is 1. The van der Waals surface area contributed by atoms with Crippen LogP contribution in [-0.2, 0) is 16.4 Å². The van der Waals surface area contributed by atoms with E-state index in [1.165, 1.54) is 42.4 Å². The van der Waals surface area contributed by atoms with Crippen LogP contribution in [0.15, 0.2) is 76.5 Å². The van der Waals surface area contributed by atoms with E-state index >= 15 is 0 Å². The summed E-state index contributed by atoms with van der Waals surface area (Å²) in [5, 5.41) is 3.00. The normalized spacial score (nSPS) is 18.5. The van der Waals surface area contributed by atoms with Gasteiger partial charge in [0.05, 0.1) is 27.6 Å². The average molecular weight is 560 g/mol. The van der Waals surface area contributed by atoms with Gasteiger partial charge in [-0.05, 0) is 75.0 Å². The zero-order valence-corrected chi connectivity index (χ0v) is 24.0. The molecule has 0 unspecified atom stereocenters. The van der Waals surface area contributed by atoms with Crippen molar-refractivity contribution >= 4 is 27.3 Å². The van der Waals surface area contributed by atoms with Crippen LogP contribution in [0.1, 0.15) is 70.9 Å². The monoisotopic (exact) mass is 559 g/mol. The number of fused-ring (bicyclic) bond motifs is 2. The number of aryl methyl sites for hydroxylation is 1. The van der Waals surface area contributed by atoms with Crippen molar-refractivity contribution in [1.29, 1.82) is 0 Å². The molecule has 1 atom stereocenters. The van der Waals surface area contributed by atoms with Gasteiger partial charge in [0.15, 0.2) is 0 Å². The molecular weight excluding hydrogens is 522 g/mol. The fraction of sp³-hybridized carbons (Fsp3) is 0.375. The van der Waals surface area contributed by atoms with Crippen LogP contribution in [0.3, 0.4) is 0 Å². The van der Waals surface area contributed by atoms with E-state index < -0.39 is 15.7 Å². The quantitative estimate of drug-likeness (QED) is 0.375. The molecule has 0 aromatic heterocycles. The van der Waals surface area contributed by atoms with Gasteiger partial charge in [0.2, 0.25) is 9.84 Å². The molecule has 3 aromatic carbocycles. The van der Waals surface area contributed by atoms with Crippen LogP contribution in [0.25, 0.3) is 0 Å². The van der Waals surface area contributed by atoms with Crippen LogP contribution in [0.5, 0.6) is 0 Å². The van der Waals surface area contributed by atoms with Crippen LogP contribution < -0.4 is 10.2 Å². The van der Waals surface area contributed by atoms with E-state index in [4.69, 9.17) is 0 Å². The topological polar surface area (TPSA) is 86.8 Å². The molecule has 8 heteroatoms. The maximum atomic E-state index is 13.8. The van der Waals surface area contributed by atoms with Crippen molar-refractivity contribution < 1.29 is 18.0 Å². The molecule has 0 aliphatic carbocycles. The summed E-state index contributed by atoms with van der Waals surface area (Å²) in [6.07, 6.45) is 5.74. The van der Waals surface area contributed by atoms with Gasteiger partial charge < -0.3 is 15.1 Å². The zero-order valence-electron chi connectivity index (χ0n) is 23.2. The number of carbonyl (C=O) groups excluding carboxylic acids is 2. The maximum Gasteiger partial charge on any atom is 0.259 e. The van der Waals surface area contributed by atoms with Crippen molar-refractivity contribution in [2.24, 2.45) is 0 Å². The molecule has 40 heavy (non-hydrogen) atoms. The summed E-state index contributed by atoms with van der Waals surface area (Å²) >= 11 is 0.